The van der Waals surface area contributed by atoms with Crippen LogP contribution in [0.1, 0.15) is 47.6 Å². The summed E-state index contributed by atoms with van der Waals surface area (Å²) in [7, 11) is 0. The Balaban J connectivity index is 1.73. The van der Waals surface area contributed by atoms with Crippen molar-refractivity contribution in [2.45, 2.75) is 51.3 Å². The fourth-order valence-electron chi connectivity index (χ4n) is 3.45. The largest absolute Gasteiger partial charge is 0.456 e. The number of furan rings is 1. The topological polar surface area (TPSA) is 80.7 Å². The number of hydrogen-bond acceptors (Lipinski definition) is 5. The number of carbonyl (C=O) groups excluding carboxylic acids is 1. The Kier molecular flexibility index (Phi) is 4.28. The SMILES string of the molecule is Cc1oc(C(=O)NN)cc1CN1CCOC2CCCCC21. The van der Waals surface area contributed by atoms with Gasteiger partial charge in [-0.15, -0.1) is 0 Å². The molecule has 1 aliphatic heterocycles. The molecule has 2 atom stereocenters. The summed E-state index contributed by atoms with van der Waals surface area (Å²) in [6.07, 6.45) is 5.25. The number of carbonyl (C=O) groups is 1. The molecule has 1 aromatic rings. The average molecular weight is 293 g/mol. The van der Waals surface area contributed by atoms with Gasteiger partial charge in [0.25, 0.3) is 0 Å². The molecule has 1 saturated heterocycles. The Bertz CT molecular complexity index is 512. The van der Waals surface area contributed by atoms with Gasteiger partial charge in [-0.2, -0.15) is 0 Å². The number of morpholine rings is 1. The number of nitrogens with one attached hydrogen (secondary N) is 1. The van der Waals surface area contributed by atoms with E-state index in [4.69, 9.17) is 15.0 Å². The first-order chi connectivity index (χ1) is 10.2. The molecule has 3 N–H and O–H groups in total. The van der Waals surface area contributed by atoms with Crippen molar-refractivity contribution in [2.24, 2.45) is 5.84 Å². The van der Waals surface area contributed by atoms with Gasteiger partial charge in [-0.1, -0.05) is 12.8 Å². The first-order valence-corrected chi connectivity index (χ1v) is 7.65. The number of hydrazine groups is 1. The summed E-state index contributed by atoms with van der Waals surface area (Å²) in [6.45, 7) is 4.41. The van der Waals surface area contributed by atoms with Crippen LogP contribution in [0, 0.1) is 6.92 Å². The second-order valence-corrected chi connectivity index (χ2v) is 5.90. The number of rotatable bonds is 3. The minimum absolute atomic E-state index is 0.276. The van der Waals surface area contributed by atoms with Crippen LogP contribution in [0.25, 0.3) is 0 Å². The van der Waals surface area contributed by atoms with Crippen LogP contribution in [0.15, 0.2) is 10.5 Å². The zero-order valence-corrected chi connectivity index (χ0v) is 12.4. The van der Waals surface area contributed by atoms with E-state index in [9.17, 15) is 4.79 Å². The third-order valence-electron chi connectivity index (χ3n) is 4.60. The van der Waals surface area contributed by atoms with Crippen molar-refractivity contribution in [1.82, 2.24) is 10.3 Å². The van der Waals surface area contributed by atoms with Crippen LogP contribution < -0.4 is 11.3 Å². The standard InChI is InChI=1S/C15H23N3O3/c1-10-11(8-14(21-10)15(19)17-16)9-18-6-7-20-13-5-3-2-4-12(13)18/h8,12-13H,2-7,9,16H2,1H3,(H,17,19). The molecule has 3 rings (SSSR count). The zero-order chi connectivity index (χ0) is 14.8. The third kappa shape index (κ3) is 2.97. The average Bonchev–Trinajstić information content (AvgIpc) is 2.88. The fraction of sp³-hybridized carbons (Fsp3) is 0.667. The maximum Gasteiger partial charge on any atom is 0.300 e. The highest BCUT2D eigenvalue weighted by atomic mass is 16.5. The van der Waals surface area contributed by atoms with Gasteiger partial charge in [0.05, 0.1) is 12.7 Å². The molecule has 0 aromatic carbocycles. The third-order valence-corrected chi connectivity index (χ3v) is 4.60. The maximum absolute atomic E-state index is 11.5. The molecule has 1 aliphatic carbocycles. The number of amides is 1. The van der Waals surface area contributed by atoms with Gasteiger partial charge in [0.15, 0.2) is 5.76 Å². The van der Waals surface area contributed by atoms with Crippen LogP contribution in [0.3, 0.4) is 0 Å². The lowest BCUT2D eigenvalue weighted by atomic mass is 9.90. The van der Waals surface area contributed by atoms with E-state index in [2.05, 4.69) is 10.3 Å². The van der Waals surface area contributed by atoms with E-state index in [-0.39, 0.29) is 11.7 Å². The number of nitrogens with two attached hydrogens (primary N) is 1. The number of aryl methyl sites for hydroxylation is 1. The predicted octanol–water partition coefficient (Wildman–Crippen LogP) is 1.33. The Morgan fingerprint density at radius 3 is 3.10 bits per heavy atom. The zero-order valence-electron chi connectivity index (χ0n) is 12.4. The normalized spacial score (nSPS) is 26.4. The minimum atomic E-state index is -0.387. The van der Waals surface area contributed by atoms with E-state index in [0.717, 1.165) is 37.4 Å². The Morgan fingerprint density at radius 2 is 2.29 bits per heavy atom. The lowest BCUT2D eigenvalue weighted by Gasteiger charge is -2.43. The van der Waals surface area contributed by atoms with Crippen molar-refractivity contribution in [3.05, 3.63) is 23.2 Å². The van der Waals surface area contributed by atoms with Gasteiger partial charge in [-0.05, 0) is 25.8 Å². The van der Waals surface area contributed by atoms with E-state index in [1.807, 2.05) is 6.92 Å². The van der Waals surface area contributed by atoms with Gasteiger partial charge >= 0.3 is 5.91 Å². The number of hydrogen-bond donors (Lipinski definition) is 2. The molecule has 1 saturated carbocycles. The van der Waals surface area contributed by atoms with Crippen LogP contribution in [0.5, 0.6) is 0 Å². The first kappa shape index (κ1) is 14.6. The number of ether oxygens (including phenoxy) is 1. The second kappa shape index (κ2) is 6.17. The van der Waals surface area contributed by atoms with E-state index >= 15 is 0 Å². The predicted molar refractivity (Wildman–Crippen MR) is 77.5 cm³/mol. The molecule has 0 radical (unpaired) electrons. The highest BCUT2D eigenvalue weighted by Gasteiger charge is 2.34. The molecule has 0 bridgehead atoms. The molecule has 6 nitrogen and oxygen atoms in total. The van der Waals surface area contributed by atoms with Gasteiger partial charge in [0.2, 0.25) is 0 Å². The lowest BCUT2D eigenvalue weighted by Crippen LogP contribution is -2.52. The second-order valence-electron chi connectivity index (χ2n) is 5.90. The molecule has 2 unspecified atom stereocenters. The van der Waals surface area contributed by atoms with Crippen LogP contribution >= 0.6 is 0 Å². The summed E-state index contributed by atoms with van der Waals surface area (Å²) < 4.78 is 11.4. The van der Waals surface area contributed by atoms with Crippen LogP contribution in [0.2, 0.25) is 0 Å². The van der Waals surface area contributed by atoms with Gasteiger partial charge in [0, 0.05) is 24.7 Å². The fourth-order valence-corrected chi connectivity index (χ4v) is 3.45. The quantitative estimate of drug-likeness (QED) is 0.499. The number of fused-ring (bicyclic) bond motifs is 1. The summed E-state index contributed by atoms with van der Waals surface area (Å²) in [5.41, 5.74) is 3.16. The van der Waals surface area contributed by atoms with Crippen molar-refractivity contribution < 1.29 is 13.9 Å². The number of nitrogens with zero attached hydrogens (tertiary/aromatic N) is 1. The van der Waals surface area contributed by atoms with Crippen molar-refractivity contribution in [3.8, 4) is 0 Å². The molecular weight excluding hydrogens is 270 g/mol. The minimum Gasteiger partial charge on any atom is -0.456 e. The van der Waals surface area contributed by atoms with Gasteiger partial charge in [0.1, 0.15) is 5.76 Å². The monoisotopic (exact) mass is 293 g/mol. The molecule has 6 heteroatoms. The Morgan fingerprint density at radius 1 is 1.48 bits per heavy atom. The molecule has 0 spiro atoms. The Hall–Kier alpha value is -1.37. The smallest absolute Gasteiger partial charge is 0.300 e. The van der Waals surface area contributed by atoms with Crippen molar-refractivity contribution >= 4 is 5.91 Å². The van der Waals surface area contributed by atoms with Gasteiger partial charge in [-0.25, -0.2) is 5.84 Å². The van der Waals surface area contributed by atoms with Gasteiger partial charge < -0.3 is 9.15 Å². The summed E-state index contributed by atoms with van der Waals surface area (Å²) >= 11 is 0. The highest BCUT2D eigenvalue weighted by molar-refractivity contribution is 5.91. The van der Waals surface area contributed by atoms with Crippen LogP contribution in [-0.4, -0.2) is 36.1 Å². The molecule has 1 aromatic heterocycles. The maximum atomic E-state index is 11.5. The highest BCUT2D eigenvalue weighted by Crippen LogP contribution is 2.30. The Labute approximate surface area is 124 Å². The molecule has 116 valence electrons. The summed E-state index contributed by atoms with van der Waals surface area (Å²) in [4.78, 5) is 14.0. The first-order valence-electron chi connectivity index (χ1n) is 7.65. The number of nitrogen functional groups attached to an aromatic ring is 1. The summed E-state index contributed by atoms with van der Waals surface area (Å²) in [5, 5.41) is 0. The molecule has 2 aliphatic rings. The summed E-state index contributed by atoms with van der Waals surface area (Å²) in [5.74, 6) is 5.82. The van der Waals surface area contributed by atoms with Crippen molar-refractivity contribution in [3.63, 3.8) is 0 Å². The van der Waals surface area contributed by atoms with E-state index < -0.39 is 0 Å². The van der Waals surface area contributed by atoms with E-state index in [1.54, 1.807) is 6.07 Å². The molecule has 2 fully saturated rings. The van der Waals surface area contributed by atoms with E-state index in [1.165, 1.54) is 19.3 Å². The van der Waals surface area contributed by atoms with Crippen molar-refractivity contribution in [2.75, 3.05) is 13.2 Å². The molecule has 21 heavy (non-hydrogen) atoms. The van der Waals surface area contributed by atoms with Crippen LogP contribution in [0.4, 0.5) is 0 Å². The lowest BCUT2D eigenvalue weighted by molar-refractivity contribution is -0.0912. The van der Waals surface area contributed by atoms with Crippen LogP contribution in [-0.2, 0) is 11.3 Å². The molecular formula is C15H23N3O3. The molecule has 2 heterocycles. The van der Waals surface area contributed by atoms with E-state index in [0.29, 0.717) is 12.1 Å². The molecule has 1 amide bonds. The van der Waals surface area contributed by atoms with Gasteiger partial charge in [-0.3, -0.25) is 15.1 Å². The van der Waals surface area contributed by atoms with Crippen molar-refractivity contribution in [1.29, 1.82) is 0 Å². The summed E-state index contributed by atoms with van der Waals surface area (Å²) in [6, 6.07) is 2.29.